The molecule has 0 radical (unpaired) electrons. The Labute approximate surface area is 178 Å². The highest BCUT2D eigenvalue weighted by Gasteiger charge is 2.44. The molecule has 2 aliphatic heterocycles. The number of rotatable bonds is 6. The Bertz CT molecular complexity index is 767. The first kappa shape index (κ1) is 23.3. The second kappa shape index (κ2) is 9.86. The number of benzene rings is 1. The molecule has 1 amide bonds. The van der Waals surface area contributed by atoms with Crippen molar-refractivity contribution in [1.82, 2.24) is 10.2 Å². The lowest BCUT2D eigenvalue weighted by Gasteiger charge is -2.32. The summed E-state index contributed by atoms with van der Waals surface area (Å²) >= 11 is 0. The largest absolute Gasteiger partial charge is 0.497 e. The molecule has 1 aromatic carbocycles. The van der Waals surface area contributed by atoms with Crippen LogP contribution in [0, 0.1) is 11.8 Å². The van der Waals surface area contributed by atoms with Crippen LogP contribution in [0.3, 0.4) is 0 Å². The molecule has 1 aliphatic carbocycles. The Kier molecular flexibility index (Phi) is 7.42. The minimum atomic E-state index is -5.08. The van der Waals surface area contributed by atoms with Crippen molar-refractivity contribution < 1.29 is 37.3 Å². The van der Waals surface area contributed by atoms with E-state index in [0.29, 0.717) is 0 Å². The average Bonchev–Trinajstić information content (AvgIpc) is 3.50. The number of ether oxygens (including phenoxy) is 2. The molecule has 10 heteroatoms. The number of methoxy groups -OCH3 is 1. The molecule has 2 saturated heterocycles. The minimum Gasteiger partial charge on any atom is -0.497 e. The van der Waals surface area contributed by atoms with Gasteiger partial charge in [0, 0.05) is 26.2 Å². The van der Waals surface area contributed by atoms with E-state index in [-0.39, 0.29) is 24.0 Å². The van der Waals surface area contributed by atoms with Gasteiger partial charge in [0.05, 0.1) is 25.2 Å². The topological polar surface area (TPSA) is 88.1 Å². The fourth-order valence-corrected chi connectivity index (χ4v) is 3.83. The third-order valence-corrected chi connectivity index (χ3v) is 5.64. The van der Waals surface area contributed by atoms with Gasteiger partial charge in [0.15, 0.2) is 0 Å². The van der Waals surface area contributed by atoms with E-state index in [1.165, 1.54) is 18.4 Å². The Morgan fingerprint density at radius 1 is 1.23 bits per heavy atom. The highest BCUT2D eigenvalue weighted by molar-refractivity contribution is 5.79. The number of fused-ring (bicyclic) bond motifs is 2. The molecule has 1 saturated carbocycles. The highest BCUT2D eigenvalue weighted by atomic mass is 19.4. The summed E-state index contributed by atoms with van der Waals surface area (Å²) < 4.78 is 43.0. The SMILES string of the molecule is COc1ccc(CN2C[C@H]3C[C@H](C(=O)NCC4CC4)[C@@H](C2)O3)cc1.O=C(O)C(F)(F)F. The van der Waals surface area contributed by atoms with E-state index in [1.807, 2.05) is 12.1 Å². The van der Waals surface area contributed by atoms with E-state index < -0.39 is 12.1 Å². The van der Waals surface area contributed by atoms with Gasteiger partial charge >= 0.3 is 12.1 Å². The standard InChI is InChI=1S/C19H26N2O3.C2HF3O2/c1-23-15-6-4-14(5-7-15)10-21-11-16-8-17(18(12-21)24-16)19(22)20-9-13-2-3-13;3-2(4,5)1(6)7/h4-7,13,16-18H,2-3,8-12H2,1H3,(H,20,22);(H,6,7)/t16-,17+,18-;/m1./s1. The first-order chi connectivity index (χ1) is 14.7. The van der Waals surface area contributed by atoms with Gasteiger partial charge in [-0.1, -0.05) is 12.1 Å². The molecule has 0 spiro atoms. The third-order valence-electron chi connectivity index (χ3n) is 5.64. The molecule has 0 unspecified atom stereocenters. The van der Waals surface area contributed by atoms with Gasteiger partial charge in [0.25, 0.3) is 0 Å². The molecule has 172 valence electrons. The monoisotopic (exact) mass is 444 g/mol. The predicted octanol–water partition coefficient (Wildman–Crippen LogP) is 2.44. The van der Waals surface area contributed by atoms with Gasteiger partial charge in [-0.15, -0.1) is 0 Å². The number of carbonyl (C=O) groups excluding carboxylic acids is 1. The van der Waals surface area contributed by atoms with Crippen LogP contribution in [0.2, 0.25) is 0 Å². The number of hydrogen-bond acceptors (Lipinski definition) is 5. The molecule has 3 fully saturated rings. The van der Waals surface area contributed by atoms with E-state index in [1.54, 1.807) is 7.11 Å². The number of likely N-dealkylation sites (tertiary alicyclic amines) is 1. The maximum absolute atomic E-state index is 12.4. The van der Waals surface area contributed by atoms with E-state index in [9.17, 15) is 18.0 Å². The highest BCUT2D eigenvalue weighted by Crippen LogP contribution is 2.33. The quantitative estimate of drug-likeness (QED) is 0.701. The number of morpholine rings is 1. The lowest BCUT2D eigenvalue weighted by molar-refractivity contribution is -0.192. The maximum Gasteiger partial charge on any atom is 0.490 e. The Morgan fingerprint density at radius 2 is 1.87 bits per heavy atom. The summed E-state index contributed by atoms with van der Waals surface area (Å²) in [6.45, 7) is 3.50. The van der Waals surface area contributed by atoms with Crippen LogP contribution in [0.15, 0.2) is 24.3 Å². The van der Waals surface area contributed by atoms with Crippen molar-refractivity contribution in [3.8, 4) is 5.75 Å². The molecule has 2 heterocycles. The van der Waals surface area contributed by atoms with Crippen LogP contribution in [-0.2, 0) is 20.9 Å². The normalized spacial score (nSPS) is 25.4. The van der Waals surface area contributed by atoms with Crippen molar-refractivity contribution in [1.29, 1.82) is 0 Å². The van der Waals surface area contributed by atoms with Crippen LogP contribution in [0.5, 0.6) is 5.75 Å². The molecule has 2 bridgehead atoms. The van der Waals surface area contributed by atoms with E-state index in [2.05, 4.69) is 22.3 Å². The Morgan fingerprint density at radius 3 is 2.42 bits per heavy atom. The van der Waals surface area contributed by atoms with Crippen molar-refractivity contribution in [2.75, 3.05) is 26.7 Å². The summed E-state index contributed by atoms with van der Waals surface area (Å²) in [6, 6.07) is 8.21. The molecule has 4 rings (SSSR count). The lowest BCUT2D eigenvalue weighted by Crippen LogP contribution is -2.45. The Balaban J connectivity index is 0.000000339. The van der Waals surface area contributed by atoms with Gasteiger partial charge in [0.1, 0.15) is 5.75 Å². The minimum absolute atomic E-state index is 0.0228. The fraction of sp³-hybridized carbons (Fsp3) is 0.619. The summed E-state index contributed by atoms with van der Waals surface area (Å²) in [5, 5.41) is 10.3. The zero-order chi connectivity index (χ0) is 22.6. The molecule has 3 aliphatic rings. The van der Waals surface area contributed by atoms with Gasteiger partial charge in [-0.3, -0.25) is 9.69 Å². The van der Waals surface area contributed by atoms with Gasteiger partial charge in [-0.2, -0.15) is 13.2 Å². The molecule has 31 heavy (non-hydrogen) atoms. The molecule has 1 aromatic rings. The van der Waals surface area contributed by atoms with Gasteiger partial charge in [-0.25, -0.2) is 4.79 Å². The van der Waals surface area contributed by atoms with Crippen LogP contribution in [0.1, 0.15) is 24.8 Å². The zero-order valence-corrected chi connectivity index (χ0v) is 17.2. The molecular weight excluding hydrogens is 417 g/mol. The molecule has 0 aromatic heterocycles. The zero-order valence-electron chi connectivity index (χ0n) is 17.2. The second-order valence-corrected chi connectivity index (χ2v) is 8.17. The summed E-state index contributed by atoms with van der Waals surface area (Å²) in [6.07, 6.45) is -1.45. The summed E-state index contributed by atoms with van der Waals surface area (Å²) in [7, 11) is 1.68. The smallest absolute Gasteiger partial charge is 0.490 e. The van der Waals surface area contributed by atoms with E-state index >= 15 is 0 Å². The van der Waals surface area contributed by atoms with Crippen molar-refractivity contribution in [3.05, 3.63) is 29.8 Å². The number of halogens is 3. The van der Waals surface area contributed by atoms with Crippen molar-refractivity contribution >= 4 is 11.9 Å². The van der Waals surface area contributed by atoms with Crippen LogP contribution in [-0.4, -0.2) is 67.0 Å². The Hall–Kier alpha value is -2.33. The molecular formula is C21H27F3N2O5. The first-order valence-electron chi connectivity index (χ1n) is 10.2. The van der Waals surface area contributed by atoms with Crippen molar-refractivity contribution in [2.45, 2.75) is 44.2 Å². The maximum atomic E-state index is 12.4. The number of amides is 1. The van der Waals surface area contributed by atoms with Crippen LogP contribution >= 0.6 is 0 Å². The number of carbonyl (C=O) groups is 2. The summed E-state index contributed by atoms with van der Waals surface area (Å²) in [4.78, 5) is 23.7. The number of aliphatic carboxylic acids is 1. The number of hydrogen-bond donors (Lipinski definition) is 2. The van der Waals surface area contributed by atoms with Gasteiger partial charge in [-0.05, 0) is 42.9 Å². The number of nitrogens with one attached hydrogen (secondary N) is 1. The summed E-state index contributed by atoms with van der Waals surface area (Å²) in [5.74, 6) is -0.932. The van der Waals surface area contributed by atoms with Crippen molar-refractivity contribution in [2.24, 2.45) is 11.8 Å². The number of carboxylic acids is 1. The first-order valence-corrected chi connectivity index (χ1v) is 10.2. The average molecular weight is 444 g/mol. The second-order valence-electron chi connectivity index (χ2n) is 8.17. The molecule has 7 nitrogen and oxygen atoms in total. The number of nitrogens with zero attached hydrogens (tertiary/aromatic N) is 1. The van der Waals surface area contributed by atoms with E-state index in [4.69, 9.17) is 19.4 Å². The van der Waals surface area contributed by atoms with Gasteiger partial charge < -0.3 is 19.9 Å². The van der Waals surface area contributed by atoms with Crippen LogP contribution in [0.4, 0.5) is 13.2 Å². The van der Waals surface area contributed by atoms with Crippen LogP contribution in [0.25, 0.3) is 0 Å². The lowest BCUT2D eigenvalue weighted by atomic mass is 9.99. The summed E-state index contributed by atoms with van der Waals surface area (Å²) in [5.41, 5.74) is 1.27. The molecule has 3 atom stereocenters. The number of carboxylic acid groups (broad SMARTS) is 1. The van der Waals surface area contributed by atoms with Crippen molar-refractivity contribution in [3.63, 3.8) is 0 Å². The predicted molar refractivity (Wildman–Crippen MR) is 104 cm³/mol. The molecule has 2 N–H and O–H groups in total. The fourth-order valence-electron chi connectivity index (χ4n) is 3.83. The third kappa shape index (κ3) is 6.83. The van der Waals surface area contributed by atoms with Gasteiger partial charge in [0.2, 0.25) is 5.91 Å². The number of alkyl halides is 3. The van der Waals surface area contributed by atoms with E-state index in [0.717, 1.165) is 44.3 Å². The van der Waals surface area contributed by atoms with Crippen LogP contribution < -0.4 is 10.1 Å².